The van der Waals surface area contributed by atoms with Crippen LogP contribution in [0.25, 0.3) is 10.9 Å². The molecule has 0 aliphatic heterocycles. The van der Waals surface area contributed by atoms with E-state index < -0.39 is 11.8 Å². The molecule has 1 heterocycles. The topological polar surface area (TPSA) is 70.4 Å². The minimum Gasteiger partial charge on any atom is -0.494 e. The first-order valence-corrected chi connectivity index (χ1v) is 8.42. The van der Waals surface area contributed by atoms with Crippen molar-refractivity contribution in [3.8, 4) is 5.75 Å². The Labute approximate surface area is 155 Å². The summed E-state index contributed by atoms with van der Waals surface area (Å²) >= 11 is 0. The van der Waals surface area contributed by atoms with Crippen molar-refractivity contribution in [3.05, 3.63) is 70.0 Å². The smallest absolute Gasteiger partial charge is 0.306 e. The predicted octanol–water partition coefficient (Wildman–Crippen LogP) is 2.76. The Hall–Kier alpha value is -3.22. The molecule has 0 aliphatic carbocycles. The van der Waals surface area contributed by atoms with Crippen molar-refractivity contribution in [1.29, 1.82) is 0 Å². The van der Waals surface area contributed by atoms with E-state index in [2.05, 4.69) is 4.98 Å². The number of rotatable bonds is 6. The van der Waals surface area contributed by atoms with E-state index in [1.54, 1.807) is 37.4 Å². The maximum Gasteiger partial charge on any atom is 0.306 e. The summed E-state index contributed by atoms with van der Waals surface area (Å²) in [6.45, 7) is -0.0379. The molecule has 1 aromatic heterocycles. The number of fused-ring (bicyclic) bond motifs is 1. The molecule has 0 fully saturated rings. The van der Waals surface area contributed by atoms with E-state index in [0.29, 0.717) is 22.3 Å². The third kappa shape index (κ3) is 4.13. The number of nitrogens with zero attached hydrogens (tertiary/aromatic N) is 2. The van der Waals surface area contributed by atoms with Crippen LogP contribution < -0.4 is 10.3 Å². The summed E-state index contributed by atoms with van der Waals surface area (Å²) in [5.41, 5.74) is 0.966. The van der Waals surface area contributed by atoms with Gasteiger partial charge in [-0.25, -0.2) is 9.37 Å². The van der Waals surface area contributed by atoms with Gasteiger partial charge in [-0.3, -0.25) is 14.2 Å². The molecule has 2 aromatic carbocycles. The standard InChI is InChI=1S/C20H19FN2O4/c1-23-18(22-16-6-4-3-5-14(16)20(23)25)9-10-19(24)27-12-13-7-8-17(26-2)15(21)11-13/h3-8,11H,9-10,12H2,1-2H3. The van der Waals surface area contributed by atoms with Gasteiger partial charge in [0.15, 0.2) is 11.6 Å². The third-order valence-corrected chi connectivity index (χ3v) is 4.24. The Morgan fingerprint density at radius 1 is 1.22 bits per heavy atom. The zero-order valence-corrected chi connectivity index (χ0v) is 15.1. The van der Waals surface area contributed by atoms with Gasteiger partial charge in [0.2, 0.25) is 0 Å². The van der Waals surface area contributed by atoms with Gasteiger partial charge in [-0.05, 0) is 29.8 Å². The maximum absolute atomic E-state index is 13.6. The van der Waals surface area contributed by atoms with Gasteiger partial charge in [0, 0.05) is 13.5 Å². The lowest BCUT2D eigenvalue weighted by Gasteiger charge is -2.10. The summed E-state index contributed by atoms with van der Waals surface area (Å²) < 4.78 is 25.1. The van der Waals surface area contributed by atoms with Crippen molar-refractivity contribution in [3.63, 3.8) is 0 Å². The highest BCUT2D eigenvalue weighted by atomic mass is 19.1. The number of benzene rings is 2. The van der Waals surface area contributed by atoms with Crippen LogP contribution in [0.3, 0.4) is 0 Å². The minimum atomic E-state index is -0.513. The zero-order valence-electron chi connectivity index (χ0n) is 15.1. The van der Waals surface area contributed by atoms with Gasteiger partial charge in [0.05, 0.1) is 24.4 Å². The Balaban J connectivity index is 1.62. The Morgan fingerprint density at radius 3 is 2.74 bits per heavy atom. The van der Waals surface area contributed by atoms with E-state index >= 15 is 0 Å². The number of carbonyl (C=O) groups is 1. The number of halogens is 1. The largest absolute Gasteiger partial charge is 0.494 e. The van der Waals surface area contributed by atoms with Crippen LogP contribution >= 0.6 is 0 Å². The van der Waals surface area contributed by atoms with Crippen LogP contribution in [0.15, 0.2) is 47.3 Å². The molecule has 6 nitrogen and oxygen atoms in total. The molecule has 140 valence electrons. The molecule has 0 unspecified atom stereocenters. The van der Waals surface area contributed by atoms with E-state index in [4.69, 9.17) is 9.47 Å². The molecule has 0 atom stereocenters. The van der Waals surface area contributed by atoms with E-state index in [0.717, 1.165) is 0 Å². The average molecular weight is 370 g/mol. The molecule has 0 N–H and O–H groups in total. The molecule has 0 spiro atoms. The first-order chi connectivity index (χ1) is 13.0. The second kappa shape index (κ2) is 7.99. The average Bonchev–Trinajstić information content (AvgIpc) is 2.68. The zero-order chi connectivity index (χ0) is 19.4. The molecule has 0 saturated carbocycles. The number of aromatic nitrogens is 2. The van der Waals surface area contributed by atoms with Crippen molar-refractivity contribution in [1.82, 2.24) is 9.55 Å². The van der Waals surface area contributed by atoms with E-state index in [-0.39, 0.29) is 30.8 Å². The van der Waals surface area contributed by atoms with Gasteiger partial charge >= 0.3 is 5.97 Å². The van der Waals surface area contributed by atoms with Crippen molar-refractivity contribution < 1.29 is 18.7 Å². The monoisotopic (exact) mass is 370 g/mol. The lowest BCUT2D eigenvalue weighted by atomic mass is 10.2. The Kier molecular flexibility index (Phi) is 5.49. The number of methoxy groups -OCH3 is 1. The van der Waals surface area contributed by atoms with Gasteiger partial charge < -0.3 is 9.47 Å². The molecule has 7 heteroatoms. The minimum absolute atomic E-state index is 0.0379. The number of aryl methyl sites for hydroxylation is 1. The van der Waals surface area contributed by atoms with Crippen LogP contribution in [0.5, 0.6) is 5.75 Å². The van der Waals surface area contributed by atoms with Crippen LogP contribution in [0.2, 0.25) is 0 Å². The lowest BCUT2D eigenvalue weighted by Crippen LogP contribution is -2.23. The maximum atomic E-state index is 13.6. The fraction of sp³-hybridized carbons (Fsp3) is 0.250. The highest BCUT2D eigenvalue weighted by Crippen LogP contribution is 2.18. The summed E-state index contributed by atoms with van der Waals surface area (Å²) in [4.78, 5) is 28.8. The highest BCUT2D eigenvalue weighted by Gasteiger charge is 2.11. The number of ether oxygens (including phenoxy) is 2. The third-order valence-electron chi connectivity index (χ3n) is 4.24. The molecular weight excluding hydrogens is 351 g/mol. The van der Waals surface area contributed by atoms with Gasteiger partial charge in [-0.2, -0.15) is 0 Å². The van der Waals surface area contributed by atoms with Gasteiger partial charge in [0.25, 0.3) is 5.56 Å². The summed E-state index contributed by atoms with van der Waals surface area (Å²) in [7, 11) is 3.01. The Bertz CT molecular complexity index is 1050. The second-order valence-electron chi connectivity index (χ2n) is 6.04. The number of para-hydroxylation sites is 1. The van der Waals surface area contributed by atoms with Crippen molar-refractivity contribution in [2.45, 2.75) is 19.4 Å². The molecule has 0 aliphatic rings. The Morgan fingerprint density at radius 2 is 2.00 bits per heavy atom. The van der Waals surface area contributed by atoms with Crippen molar-refractivity contribution in [2.75, 3.05) is 7.11 Å². The first kappa shape index (κ1) is 18.6. The number of esters is 1. The molecule has 0 saturated heterocycles. The number of hydrogen-bond acceptors (Lipinski definition) is 5. The number of carbonyl (C=O) groups excluding carboxylic acids is 1. The summed E-state index contributed by atoms with van der Waals surface area (Å²) in [6.07, 6.45) is 0.337. The molecule has 3 rings (SSSR count). The molecule has 3 aromatic rings. The van der Waals surface area contributed by atoms with Crippen molar-refractivity contribution in [2.24, 2.45) is 7.05 Å². The SMILES string of the molecule is COc1ccc(COC(=O)CCc2nc3ccccc3c(=O)n2C)cc1F. The van der Waals surface area contributed by atoms with Gasteiger partial charge in [-0.15, -0.1) is 0 Å². The predicted molar refractivity (Wildman–Crippen MR) is 98.1 cm³/mol. The molecule has 0 radical (unpaired) electrons. The first-order valence-electron chi connectivity index (χ1n) is 8.42. The molecule has 0 amide bonds. The van der Waals surface area contributed by atoms with Crippen LogP contribution in [0, 0.1) is 5.82 Å². The fourth-order valence-electron chi connectivity index (χ4n) is 2.74. The van der Waals surface area contributed by atoms with Gasteiger partial charge in [-0.1, -0.05) is 18.2 Å². The summed E-state index contributed by atoms with van der Waals surface area (Å²) in [5, 5.41) is 0.535. The van der Waals surface area contributed by atoms with Crippen molar-refractivity contribution >= 4 is 16.9 Å². The van der Waals surface area contributed by atoms with Crippen LogP contribution in [-0.2, 0) is 29.6 Å². The summed E-state index contributed by atoms with van der Waals surface area (Å²) in [5.74, 6) is -0.324. The quantitative estimate of drug-likeness (QED) is 0.624. The van der Waals surface area contributed by atoms with Crippen LogP contribution in [0.1, 0.15) is 17.8 Å². The number of hydrogen-bond donors (Lipinski definition) is 0. The highest BCUT2D eigenvalue weighted by molar-refractivity contribution is 5.77. The lowest BCUT2D eigenvalue weighted by molar-refractivity contribution is -0.144. The van der Waals surface area contributed by atoms with Gasteiger partial charge in [0.1, 0.15) is 12.4 Å². The summed E-state index contributed by atoms with van der Waals surface area (Å²) in [6, 6.07) is 11.4. The fourth-order valence-corrected chi connectivity index (χ4v) is 2.74. The van der Waals surface area contributed by atoms with E-state index in [1.807, 2.05) is 0 Å². The molecule has 27 heavy (non-hydrogen) atoms. The van der Waals surface area contributed by atoms with Crippen LogP contribution in [-0.4, -0.2) is 22.6 Å². The van der Waals surface area contributed by atoms with Crippen LogP contribution in [0.4, 0.5) is 4.39 Å². The molecule has 0 bridgehead atoms. The van der Waals surface area contributed by atoms with E-state index in [1.165, 1.54) is 23.8 Å². The second-order valence-corrected chi connectivity index (χ2v) is 6.04. The normalized spacial score (nSPS) is 10.8. The van der Waals surface area contributed by atoms with E-state index in [9.17, 15) is 14.0 Å². The molecular formula is C20H19FN2O4.